The van der Waals surface area contributed by atoms with Crippen LogP contribution in [0.3, 0.4) is 0 Å². The summed E-state index contributed by atoms with van der Waals surface area (Å²) in [7, 11) is 0. The Bertz CT molecular complexity index is 969. The first kappa shape index (κ1) is 21.4. The van der Waals surface area contributed by atoms with Crippen molar-refractivity contribution in [1.29, 1.82) is 0 Å². The van der Waals surface area contributed by atoms with Crippen molar-refractivity contribution in [3.8, 4) is 0 Å². The topological polar surface area (TPSA) is 102 Å². The van der Waals surface area contributed by atoms with E-state index in [0.717, 1.165) is 5.56 Å². The molecular formula is C25H28O7. The van der Waals surface area contributed by atoms with Crippen LogP contribution in [-0.2, 0) is 29.2 Å². The highest BCUT2D eigenvalue weighted by atomic mass is 16.6. The van der Waals surface area contributed by atoms with Gasteiger partial charge < -0.3 is 24.4 Å². The summed E-state index contributed by atoms with van der Waals surface area (Å²) in [6.45, 7) is 9.37. The number of aliphatic hydroxyl groups is 2. The lowest BCUT2D eigenvalue weighted by Gasteiger charge is -2.66. The number of benzene rings is 1. The quantitative estimate of drug-likeness (QED) is 0.548. The van der Waals surface area contributed by atoms with E-state index in [1.165, 1.54) is 0 Å². The van der Waals surface area contributed by atoms with Gasteiger partial charge in [0.1, 0.15) is 12.2 Å². The number of carbonyl (C=O) groups is 2. The lowest BCUT2D eigenvalue weighted by atomic mass is 9.43. The number of aliphatic hydroxyl groups excluding tert-OH is 2. The van der Waals surface area contributed by atoms with Crippen molar-refractivity contribution < 1.29 is 34.0 Å². The predicted octanol–water partition coefficient (Wildman–Crippen LogP) is 2.02. The molecule has 2 bridgehead atoms. The minimum atomic E-state index is -1.29. The first-order chi connectivity index (χ1) is 15.2. The van der Waals surface area contributed by atoms with Crippen molar-refractivity contribution in [2.75, 3.05) is 6.61 Å². The van der Waals surface area contributed by atoms with Crippen molar-refractivity contribution in [2.45, 2.75) is 56.2 Å². The summed E-state index contributed by atoms with van der Waals surface area (Å²) in [6, 6.07) is 9.84. The molecule has 170 valence electrons. The van der Waals surface area contributed by atoms with Crippen molar-refractivity contribution >= 4 is 11.9 Å². The summed E-state index contributed by atoms with van der Waals surface area (Å²) >= 11 is 0. The van der Waals surface area contributed by atoms with E-state index < -0.39 is 59.2 Å². The zero-order chi connectivity index (χ0) is 22.8. The summed E-state index contributed by atoms with van der Waals surface area (Å²) in [5.41, 5.74) is -0.255. The zero-order valence-electron chi connectivity index (χ0n) is 18.0. The Hall–Kier alpha value is -2.48. The standard InChI is InChI=1S/C25H28O7/c1-13(2)21(27)31-16-11-25-17(26)9-10-24(12-30-23(25)29,15-7-5-4-6-8-15)20(25)19-18(16)14(3)22(28)32-19/h4-8,16-20,23,26,29H,1,3,9-12H2,2H3/t16-,17+,18+,19-,20+,23-,24+,25+/m0/s1. The van der Waals surface area contributed by atoms with E-state index in [-0.39, 0.29) is 24.2 Å². The smallest absolute Gasteiger partial charge is 0.334 e. The molecule has 8 atom stereocenters. The fourth-order valence-corrected chi connectivity index (χ4v) is 6.71. The van der Waals surface area contributed by atoms with Gasteiger partial charge in [0.25, 0.3) is 0 Å². The van der Waals surface area contributed by atoms with E-state index in [4.69, 9.17) is 14.2 Å². The van der Waals surface area contributed by atoms with Gasteiger partial charge in [-0.15, -0.1) is 0 Å². The average molecular weight is 440 g/mol. The first-order valence-corrected chi connectivity index (χ1v) is 11.0. The monoisotopic (exact) mass is 440 g/mol. The summed E-state index contributed by atoms with van der Waals surface area (Å²) in [4.78, 5) is 25.1. The Labute approximate surface area is 186 Å². The fourth-order valence-electron chi connectivity index (χ4n) is 6.71. The Morgan fingerprint density at radius 1 is 1.25 bits per heavy atom. The van der Waals surface area contributed by atoms with E-state index >= 15 is 0 Å². The molecule has 2 N–H and O–H groups in total. The van der Waals surface area contributed by atoms with E-state index in [2.05, 4.69) is 13.2 Å². The molecule has 0 spiro atoms. The van der Waals surface area contributed by atoms with Gasteiger partial charge in [-0.25, -0.2) is 9.59 Å². The van der Waals surface area contributed by atoms with Gasteiger partial charge in [-0.3, -0.25) is 0 Å². The third-order valence-corrected chi connectivity index (χ3v) is 8.12. The lowest BCUT2D eigenvalue weighted by molar-refractivity contribution is -0.334. The minimum absolute atomic E-state index is 0.129. The summed E-state index contributed by atoms with van der Waals surface area (Å²) in [5.74, 6) is -2.13. The van der Waals surface area contributed by atoms with Gasteiger partial charge in [-0.05, 0) is 31.7 Å². The van der Waals surface area contributed by atoms with Crippen molar-refractivity contribution in [2.24, 2.45) is 17.3 Å². The van der Waals surface area contributed by atoms with Gasteiger partial charge in [0.05, 0.1) is 24.0 Å². The molecule has 7 heteroatoms. The largest absolute Gasteiger partial charge is 0.458 e. The Morgan fingerprint density at radius 2 is 1.97 bits per heavy atom. The van der Waals surface area contributed by atoms with Gasteiger partial charge in [0, 0.05) is 22.5 Å². The molecule has 2 aliphatic heterocycles. The van der Waals surface area contributed by atoms with Gasteiger partial charge >= 0.3 is 11.9 Å². The molecule has 2 saturated carbocycles. The first-order valence-electron chi connectivity index (χ1n) is 11.0. The minimum Gasteiger partial charge on any atom is -0.458 e. The van der Waals surface area contributed by atoms with Crippen LogP contribution in [0.1, 0.15) is 31.7 Å². The molecule has 0 unspecified atom stereocenters. The molecule has 1 aromatic carbocycles. The van der Waals surface area contributed by atoms with Crippen molar-refractivity contribution in [1.82, 2.24) is 0 Å². The van der Waals surface area contributed by atoms with Crippen LogP contribution < -0.4 is 0 Å². The molecular weight excluding hydrogens is 412 g/mol. The van der Waals surface area contributed by atoms with Crippen LogP contribution >= 0.6 is 0 Å². The summed E-state index contributed by atoms with van der Waals surface area (Å²) < 4.78 is 17.5. The fraction of sp³-hybridized carbons (Fsp3) is 0.520. The highest BCUT2D eigenvalue weighted by molar-refractivity contribution is 5.91. The molecule has 7 nitrogen and oxygen atoms in total. The third-order valence-electron chi connectivity index (χ3n) is 8.12. The Kier molecular flexibility index (Phi) is 4.85. The van der Waals surface area contributed by atoms with Gasteiger partial charge in [0.2, 0.25) is 0 Å². The van der Waals surface area contributed by atoms with Crippen LogP contribution in [-0.4, -0.2) is 53.4 Å². The normalized spacial score (nSPS) is 42.5. The molecule has 2 aliphatic carbocycles. The van der Waals surface area contributed by atoms with Gasteiger partial charge in [-0.2, -0.15) is 0 Å². The van der Waals surface area contributed by atoms with Crippen molar-refractivity contribution in [3.05, 3.63) is 60.2 Å². The molecule has 0 radical (unpaired) electrons. The van der Waals surface area contributed by atoms with Crippen LogP contribution in [0.2, 0.25) is 0 Å². The molecule has 0 aromatic heterocycles. The molecule has 0 amide bonds. The van der Waals surface area contributed by atoms with E-state index in [1.54, 1.807) is 6.92 Å². The second-order valence-electron chi connectivity index (χ2n) is 9.68. The number of esters is 2. The molecule has 4 fully saturated rings. The molecule has 2 heterocycles. The zero-order valence-corrected chi connectivity index (χ0v) is 18.0. The Morgan fingerprint density at radius 3 is 2.66 bits per heavy atom. The molecule has 1 aromatic rings. The van der Waals surface area contributed by atoms with E-state index in [0.29, 0.717) is 12.8 Å². The van der Waals surface area contributed by atoms with E-state index in [9.17, 15) is 19.8 Å². The molecule has 2 saturated heterocycles. The molecule has 32 heavy (non-hydrogen) atoms. The maximum absolute atomic E-state index is 12.7. The van der Waals surface area contributed by atoms with Crippen LogP contribution in [0.25, 0.3) is 0 Å². The van der Waals surface area contributed by atoms with Crippen LogP contribution in [0.4, 0.5) is 0 Å². The van der Waals surface area contributed by atoms with Crippen LogP contribution in [0.5, 0.6) is 0 Å². The molecule has 5 rings (SSSR count). The number of fused-ring (bicyclic) bond motifs is 1. The van der Waals surface area contributed by atoms with Gasteiger partial charge in [0.15, 0.2) is 6.29 Å². The third kappa shape index (κ3) is 2.71. The molecule has 4 aliphatic rings. The van der Waals surface area contributed by atoms with Gasteiger partial charge in [-0.1, -0.05) is 43.5 Å². The summed E-state index contributed by atoms with van der Waals surface area (Å²) in [6.07, 6.45) is -2.54. The van der Waals surface area contributed by atoms with E-state index in [1.807, 2.05) is 30.3 Å². The number of hydrogen-bond acceptors (Lipinski definition) is 7. The highest BCUT2D eigenvalue weighted by Crippen LogP contribution is 2.66. The number of hydrogen-bond donors (Lipinski definition) is 2. The lowest BCUT2D eigenvalue weighted by Crippen LogP contribution is -2.73. The highest BCUT2D eigenvalue weighted by Gasteiger charge is 2.74. The van der Waals surface area contributed by atoms with Crippen LogP contribution in [0.15, 0.2) is 54.6 Å². The summed E-state index contributed by atoms with van der Waals surface area (Å²) in [5, 5.41) is 22.4. The maximum atomic E-state index is 12.7. The SMILES string of the molecule is C=C(C)C(=O)O[C@H]1C[C@]23[C@H](O)CC[C@](c4ccccc4)(CO[C@@H]2O)[C@H]3[C@H]2OC(=O)C(=C)[C@@H]21. The van der Waals surface area contributed by atoms with Crippen molar-refractivity contribution in [3.63, 3.8) is 0 Å². The maximum Gasteiger partial charge on any atom is 0.334 e. The second-order valence-corrected chi connectivity index (χ2v) is 9.68. The number of rotatable bonds is 3. The second kappa shape index (κ2) is 7.27. The number of ether oxygens (including phenoxy) is 3. The average Bonchev–Trinajstić information content (AvgIpc) is 3.08. The van der Waals surface area contributed by atoms with Crippen LogP contribution in [0, 0.1) is 17.3 Å². The Balaban J connectivity index is 1.68. The predicted molar refractivity (Wildman–Crippen MR) is 113 cm³/mol. The number of carbonyl (C=O) groups excluding carboxylic acids is 2.